The molecule has 1 N–H and O–H groups in total. The summed E-state index contributed by atoms with van der Waals surface area (Å²) in [5, 5.41) is 8.53. The molecule has 12 heavy (non-hydrogen) atoms. The van der Waals surface area contributed by atoms with E-state index < -0.39 is 30.1 Å². The van der Waals surface area contributed by atoms with Crippen molar-refractivity contribution in [2.24, 2.45) is 0 Å². The van der Waals surface area contributed by atoms with E-state index in [1.165, 1.54) is 0 Å². The fraction of sp³-hybridized carbons (Fsp3) is 0.286. The number of pyridine rings is 1. The molecule has 0 aliphatic rings. The lowest BCUT2D eigenvalue weighted by Gasteiger charge is -2.04. The lowest BCUT2D eigenvalue weighted by atomic mass is 10.2. The van der Waals surface area contributed by atoms with E-state index in [0.29, 0.717) is 0 Å². The number of alkyl halides is 2. The van der Waals surface area contributed by atoms with Crippen LogP contribution in [0.2, 0.25) is 0 Å². The molecular weight excluding hydrogens is 171 g/mol. The average Bonchev–Trinajstić information content (AvgIpc) is 2.03. The average molecular weight is 177 g/mol. The third-order valence-corrected chi connectivity index (χ3v) is 1.40. The van der Waals surface area contributed by atoms with Crippen molar-refractivity contribution < 1.29 is 18.3 Å². The van der Waals surface area contributed by atoms with Crippen molar-refractivity contribution in [1.29, 1.82) is 0 Å². The topological polar surface area (TPSA) is 33.1 Å². The van der Waals surface area contributed by atoms with E-state index in [9.17, 15) is 13.2 Å². The van der Waals surface area contributed by atoms with Crippen LogP contribution in [-0.4, -0.2) is 10.1 Å². The fourth-order valence-corrected chi connectivity index (χ4v) is 0.828. The summed E-state index contributed by atoms with van der Waals surface area (Å²) in [6.07, 6.45) is -1.92. The van der Waals surface area contributed by atoms with Gasteiger partial charge in [-0.05, 0) is 6.07 Å². The monoisotopic (exact) mass is 177 g/mol. The molecule has 0 unspecified atom stereocenters. The van der Waals surface area contributed by atoms with E-state index in [2.05, 4.69) is 4.98 Å². The lowest BCUT2D eigenvalue weighted by Crippen LogP contribution is -2.01. The predicted molar refractivity (Wildman–Crippen MR) is 35.1 cm³/mol. The van der Waals surface area contributed by atoms with Crippen molar-refractivity contribution >= 4 is 0 Å². The molecule has 0 saturated heterocycles. The van der Waals surface area contributed by atoms with E-state index in [-0.39, 0.29) is 0 Å². The molecule has 0 amide bonds. The van der Waals surface area contributed by atoms with Gasteiger partial charge in [-0.1, -0.05) is 0 Å². The standard InChI is InChI=1S/C7H6F3NO/c8-5-1-2-11-6(7(9)10)4(5)3-12/h1-2,7,12H,3H2. The number of hydrogen-bond donors (Lipinski definition) is 1. The first-order valence-electron chi connectivity index (χ1n) is 3.19. The van der Waals surface area contributed by atoms with E-state index in [1.807, 2.05) is 0 Å². The summed E-state index contributed by atoms with van der Waals surface area (Å²) in [4.78, 5) is 3.26. The first-order valence-corrected chi connectivity index (χ1v) is 3.19. The summed E-state index contributed by atoms with van der Waals surface area (Å²) in [5.74, 6) is -0.859. The van der Waals surface area contributed by atoms with E-state index in [4.69, 9.17) is 5.11 Å². The molecule has 66 valence electrons. The highest BCUT2D eigenvalue weighted by atomic mass is 19.3. The van der Waals surface area contributed by atoms with E-state index >= 15 is 0 Å². The Morgan fingerprint density at radius 3 is 2.58 bits per heavy atom. The van der Waals surface area contributed by atoms with Crippen molar-refractivity contribution in [3.05, 3.63) is 29.3 Å². The Balaban J connectivity index is 3.18. The zero-order valence-electron chi connectivity index (χ0n) is 5.97. The SMILES string of the molecule is OCc1c(F)ccnc1C(F)F. The van der Waals surface area contributed by atoms with Crippen molar-refractivity contribution in [3.8, 4) is 0 Å². The number of nitrogens with zero attached hydrogens (tertiary/aromatic N) is 1. The zero-order valence-corrected chi connectivity index (χ0v) is 5.97. The van der Waals surface area contributed by atoms with Gasteiger partial charge < -0.3 is 5.11 Å². The van der Waals surface area contributed by atoms with Crippen molar-refractivity contribution in [1.82, 2.24) is 4.98 Å². The molecule has 0 radical (unpaired) electrons. The predicted octanol–water partition coefficient (Wildman–Crippen LogP) is 1.65. The lowest BCUT2D eigenvalue weighted by molar-refractivity contribution is 0.140. The van der Waals surface area contributed by atoms with Crippen molar-refractivity contribution in [3.63, 3.8) is 0 Å². The largest absolute Gasteiger partial charge is 0.391 e. The minimum Gasteiger partial charge on any atom is -0.391 e. The van der Waals surface area contributed by atoms with Gasteiger partial charge in [0.2, 0.25) is 0 Å². The molecule has 2 nitrogen and oxygen atoms in total. The second kappa shape index (κ2) is 3.53. The molecule has 1 aromatic rings. The number of aliphatic hydroxyl groups excluding tert-OH is 1. The summed E-state index contributed by atoms with van der Waals surface area (Å²) < 4.78 is 36.8. The normalized spacial score (nSPS) is 10.8. The summed E-state index contributed by atoms with van der Waals surface area (Å²) >= 11 is 0. The number of aliphatic hydroxyl groups is 1. The van der Waals surface area contributed by atoms with Crippen LogP contribution in [0.25, 0.3) is 0 Å². The first kappa shape index (κ1) is 8.99. The molecule has 0 aliphatic heterocycles. The van der Waals surface area contributed by atoms with Crippen LogP contribution in [0.3, 0.4) is 0 Å². The van der Waals surface area contributed by atoms with Crippen LogP contribution in [0.4, 0.5) is 13.2 Å². The quantitative estimate of drug-likeness (QED) is 0.745. The number of aromatic nitrogens is 1. The van der Waals surface area contributed by atoms with Gasteiger partial charge in [-0.2, -0.15) is 0 Å². The second-order valence-electron chi connectivity index (χ2n) is 2.12. The molecule has 0 atom stereocenters. The Labute approximate surface area is 66.7 Å². The highest BCUT2D eigenvalue weighted by Gasteiger charge is 2.16. The molecule has 0 saturated carbocycles. The maximum Gasteiger partial charge on any atom is 0.280 e. The Morgan fingerprint density at radius 1 is 1.50 bits per heavy atom. The van der Waals surface area contributed by atoms with Gasteiger partial charge in [0, 0.05) is 11.8 Å². The Bertz CT molecular complexity index is 277. The molecular formula is C7H6F3NO. The highest BCUT2D eigenvalue weighted by molar-refractivity contribution is 5.21. The summed E-state index contributed by atoms with van der Waals surface area (Å²) in [6.45, 7) is -0.765. The number of rotatable bonds is 2. The molecule has 0 bridgehead atoms. The van der Waals surface area contributed by atoms with Crippen LogP contribution in [0, 0.1) is 5.82 Å². The molecule has 0 fully saturated rings. The highest BCUT2D eigenvalue weighted by Crippen LogP contribution is 2.22. The van der Waals surface area contributed by atoms with Gasteiger partial charge in [0.1, 0.15) is 11.5 Å². The molecule has 5 heteroatoms. The van der Waals surface area contributed by atoms with Crippen LogP contribution in [-0.2, 0) is 6.61 Å². The van der Waals surface area contributed by atoms with Crippen LogP contribution >= 0.6 is 0 Å². The van der Waals surface area contributed by atoms with Crippen LogP contribution in [0.5, 0.6) is 0 Å². The molecule has 0 aliphatic carbocycles. The fourth-order valence-electron chi connectivity index (χ4n) is 0.828. The Kier molecular flexibility index (Phi) is 2.65. The maximum atomic E-state index is 12.7. The maximum absolute atomic E-state index is 12.7. The molecule has 0 spiro atoms. The molecule has 1 rings (SSSR count). The molecule has 1 heterocycles. The number of hydrogen-bond acceptors (Lipinski definition) is 2. The van der Waals surface area contributed by atoms with Crippen LogP contribution < -0.4 is 0 Å². The van der Waals surface area contributed by atoms with Crippen molar-refractivity contribution in [2.75, 3.05) is 0 Å². The smallest absolute Gasteiger partial charge is 0.280 e. The van der Waals surface area contributed by atoms with E-state index in [1.54, 1.807) is 0 Å². The number of halogens is 3. The summed E-state index contributed by atoms with van der Waals surface area (Å²) in [5.41, 5.74) is -1.13. The van der Waals surface area contributed by atoms with Gasteiger partial charge in [0.15, 0.2) is 0 Å². The van der Waals surface area contributed by atoms with Gasteiger partial charge in [-0.25, -0.2) is 13.2 Å². The van der Waals surface area contributed by atoms with Crippen molar-refractivity contribution in [2.45, 2.75) is 13.0 Å². The van der Waals surface area contributed by atoms with Crippen LogP contribution in [0.1, 0.15) is 17.7 Å². The minimum atomic E-state index is -2.86. The Morgan fingerprint density at radius 2 is 2.17 bits per heavy atom. The first-order chi connectivity index (χ1) is 5.66. The van der Waals surface area contributed by atoms with Gasteiger partial charge in [0.25, 0.3) is 6.43 Å². The van der Waals surface area contributed by atoms with Gasteiger partial charge in [0.05, 0.1) is 6.61 Å². The second-order valence-corrected chi connectivity index (χ2v) is 2.12. The van der Waals surface area contributed by atoms with Gasteiger partial charge in [-0.15, -0.1) is 0 Å². The zero-order chi connectivity index (χ0) is 9.14. The third kappa shape index (κ3) is 1.55. The molecule has 1 aromatic heterocycles. The summed E-state index contributed by atoms with van der Waals surface area (Å²) in [7, 11) is 0. The minimum absolute atomic E-state index is 0.437. The van der Waals surface area contributed by atoms with Gasteiger partial charge in [-0.3, -0.25) is 4.98 Å². The van der Waals surface area contributed by atoms with E-state index in [0.717, 1.165) is 12.3 Å². The van der Waals surface area contributed by atoms with Gasteiger partial charge >= 0.3 is 0 Å². The third-order valence-electron chi connectivity index (χ3n) is 1.40. The van der Waals surface area contributed by atoms with Crippen LogP contribution in [0.15, 0.2) is 12.3 Å². The Hall–Kier alpha value is -1.10. The summed E-state index contributed by atoms with van der Waals surface area (Å²) in [6, 6.07) is 0.928. The molecule has 0 aromatic carbocycles.